The summed E-state index contributed by atoms with van der Waals surface area (Å²) in [7, 11) is 0. The van der Waals surface area contributed by atoms with E-state index >= 15 is 0 Å². The average molecular weight is 458 g/mol. The third-order valence-electron chi connectivity index (χ3n) is 5.86. The second-order valence-corrected chi connectivity index (χ2v) is 8.81. The van der Waals surface area contributed by atoms with Gasteiger partial charge in [0.2, 0.25) is 5.91 Å². The first-order chi connectivity index (χ1) is 14.9. The molecule has 0 unspecified atom stereocenters. The van der Waals surface area contributed by atoms with E-state index in [1.54, 1.807) is 0 Å². The van der Waals surface area contributed by atoms with Gasteiger partial charge in [-0.05, 0) is 36.4 Å². The molecule has 9 heteroatoms. The number of rotatable bonds is 4. The molecule has 31 heavy (non-hydrogen) atoms. The van der Waals surface area contributed by atoms with E-state index < -0.39 is 5.82 Å². The highest BCUT2D eigenvalue weighted by atomic mass is 35.5. The number of anilines is 3. The van der Waals surface area contributed by atoms with Crippen LogP contribution in [0.4, 0.5) is 21.6 Å². The number of aromatic nitrogens is 2. The molecular weight excluding hydrogens is 440 g/mol. The lowest BCUT2D eigenvalue weighted by Crippen LogP contribution is -2.73. The monoisotopic (exact) mass is 457 g/mol. The Hall–Kier alpha value is -2.90. The van der Waals surface area contributed by atoms with Crippen molar-refractivity contribution in [2.75, 3.05) is 36.4 Å². The van der Waals surface area contributed by atoms with Crippen molar-refractivity contribution in [1.29, 1.82) is 0 Å². The van der Waals surface area contributed by atoms with E-state index in [0.29, 0.717) is 5.82 Å². The molecule has 2 aromatic carbocycles. The van der Waals surface area contributed by atoms with E-state index in [1.807, 2.05) is 23.1 Å². The first-order valence-corrected chi connectivity index (χ1v) is 10.5. The van der Waals surface area contributed by atoms with Gasteiger partial charge in [0.05, 0.1) is 21.2 Å². The highest BCUT2D eigenvalue weighted by Crippen LogP contribution is 2.43. The highest BCUT2D eigenvalue weighted by Gasteiger charge is 2.52. The van der Waals surface area contributed by atoms with E-state index in [2.05, 4.69) is 26.8 Å². The molecule has 2 fully saturated rings. The highest BCUT2D eigenvalue weighted by molar-refractivity contribution is 6.42. The minimum atomic E-state index is -0.634. The van der Waals surface area contributed by atoms with Crippen LogP contribution in [-0.2, 0) is 4.79 Å². The molecule has 2 aliphatic rings. The largest absolute Gasteiger partial charge is 0.370 e. The van der Waals surface area contributed by atoms with Crippen molar-refractivity contribution in [2.24, 2.45) is 5.41 Å². The van der Waals surface area contributed by atoms with Crippen molar-refractivity contribution in [3.05, 3.63) is 65.2 Å². The number of hydrogen-bond acceptors (Lipinski definition) is 5. The quantitative estimate of drug-likeness (QED) is 0.456. The number of carbonyl (C=O) groups is 1. The number of amides is 1. The third kappa shape index (κ3) is 3.38. The van der Waals surface area contributed by atoms with Crippen molar-refractivity contribution < 1.29 is 9.18 Å². The number of fused-ring (bicyclic) bond motifs is 1. The Morgan fingerprint density at radius 3 is 2.68 bits per heavy atom. The van der Waals surface area contributed by atoms with Gasteiger partial charge in [0, 0.05) is 42.7 Å². The minimum absolute atomic E-state index is 0.0165. The van der Waals surface area contributed by atoms with E-state index in [9.17, 15) is 9.18 Å². The molecule has 1 N–H and O–H groups in total. The van der Waals surface area contributed by atoms with Gasteiger partial charge in [-0.3, -0.25) is 4.79 Å². The molecule has 0 radical (unpaired) electrons. The number of benzene rings is 2. The predicted molar refractivity (Wildman–Crippen MR) is 121 cm³/mol. The number of carbonyl (C=O) groups excluding carboxylic acids is 1. The molecule has 3 aromatic rings. The van der Waals surface area contributed by atoms with Crippen molar-refractivity contribution in [3.63, 3.8) is 0 Å². The second-order valence-electron chi connectivity index (χ2n) is 8.03. The fourth-order valence-electron chi connectivity index (χ4n) is 4.29. The minimum Gasteiger partial charge on any atom is -0.370 e. The van der Waals surface area contributed by atoms with Gasteiger partial charge < -0.3 is 15.1 Å². The predicted octanol–water partition coefficient (Wildman–Crippen LogP) is 4.65. The van der Waals surface area contributed by atoms with Crippen LogP contribution >= 0.6 is 23.2 Å². The third-order valence-corrected chi connectivity index (χ3v) is 6.64. The SMILES string of the molecule is C=CC(=O)N1CC2(C1)CN(c1ccc3ncnc(Nc4ccc(Cl)c(Cl)c4F)c3c1)C2. The first-order valence-electron chi connectivity index (χ1n) is 9.71. The molecule has 2 saturated heterocycles. The zero-order chi connectivity index (χ0) is 21.8. The van der Waals surface area contributed by atoms with Gasteiger partial charge in [0.1, 0.15) is 12.1 Å². The number of nitrogens with zero attached hydrogens (tertiary/aromatic N) is 4. The van der Waals surface area contributed by atoms with E-state index in [1.165, 1.54) is 24.5 Å². The summed E-state index contributed by atoms with van der Waals surface area (Å²) in [5.41, 5.74) is 2.11. The summed E-state index contributed by atoms with van der Waals surface area (Å²) in [5, 5.41) is 3.79. The number of hydrogen-bond donors (Lipinski definition) is 1. The lowest BCUT2D eigenvalue weighted by atomic mass is 9.72. The Bertz CT molecular complexity index is 1220. The zero-order valence-corrected chi connectivity index (χ0v) is 17.9. The molecule has 2 aliphatic heterocycles. The van der Waals surface area contributed by atoms with Gasteiger partial charge in [-0.15, -0.1) is 0 Å². The maximum atomic E-state index is 14.5. The summed E-state index contributed by atoms with van der Waals surface area (Å²) >= 11 is 11.8. The summed E-state index contributed by atoms with van der Waals surface area (Å²) in [5.74, 6) is -0.173. The summed E-state index contributed by atoms with van der Waals surface area (Å²) in [6.07, 6.45) is 2.79. The summed E-state index contributed by atoms with van der Waals surface area (Å²) < 4.78 is 14.5. The Labute approximate surface area is 188 Å². The molecule has 6 nitrogen and oxygen atoms in total. The summed E-state index contributed by atoms with van der Waals surface area (Å²) in [6.45, 7) is 6.80. The van der Waals surface area contributed by atoms with Crippen molar-refractivity contribution in [2.45, 2.75) is 0 Å². The summed E-state index contributed by atoms with van der Waals surface area (Å²) in [4.78, 5) is 24.4. The van der Waals surface area contributed by atoms with Gasteiger partial charge in [-0.1, -0.05) is 29.8 Å². The Kier molecular flexibility index (Phi) is 4.75. The van der Waals surface area contributed by atoms with Crippen LogP contribution in [0.2, 0.25) is 10.0 Å². The first kappa shape index (κ1) is 20.0. The van der Waals surface area contributed by atoms with Gasteiger partial charge in [0.15, 0.2) is 5.82 Å². The molecule has 1 aromatic heterocycles. The Morgan fingerprint density at radius 1 is 1.16 bits per heavy atom. The van der Waals surface area contributed by atoms with Crippen molar-refractivity contribution >= 4 is 57.2 Å². The van der Waals surface area contributed by atoms with Crippen LogP contribution in [0.25, 0.3) is 10.9 Å². The second kappa shape index (κ2) is 7.35. The van der Waals surface area contributed by atoms with Crippen LogP contribution in [0.1, 0.15) is 0 Å². The Balaban J connectivity index is 1.38. The van der Waals surface area contributed by atoms with Crippen LogP contribution < -0.4 is 10.2 Å². The lowest BCUT2D eigenvalue weighted by Gasteiger charge is -2.60. The zero-order valence-electron chi connectivity index (χ0n) is 16.4. The average Bonchev–Trinajstić information content (AvgIpc) is 2.72. The number of nitrogens with one attached hydrogen (secondary N) is 1. The molecule has 1 spiro atoms. The molecule has 0 aliphatic carbocycles. The molecule has 0 atom stereocenters. The van der Waals surface area contributed by atoms with Gasteiger partial charge >= 0.3 is 0 Å². The van der Waals surface area contributed by atoms with Gasteiger partial charge in [0.25, 0.3) is 0 Å². The van der Waals surface area contributed by atoms with Crippen LogP contribution in [0, 0.1) is 11.2 Å². The number of likely N-dealkylation sites (tertiary alicyclic amines) is 1. The van der Waals surface area contributed by atoms with Gasteiger partial charge in [-0.2, -0.15) is 0 Å². The van der Waals surface area contributed by atoms with E-state index in [-0.39, 0.29) is 27.1 Å². The van der Waals surface area contributed by atoms with Crippen molar-refractivity contribution in [3.8, 4) is 0 Å². The fraction of sp³-hybridized carbons (Fsp3) is 0.227. The molecule has 1 amide bonds. The fourth-order valence-corrected chi connectivity index (χ4v) is 4.60. The van der Waals surface area contributed by atoms with E-state index in [4.69, 9.17) is 23.2 Å². The molecule has 0 bridgehead atoms. The molecule has 0 saturated carbocycles. The standard InChI is InChI=1S/C22H18Cl2FN5O/c1-2-18(31)30-10-22(11-30)8-29(9-22)13-3-5-16-14(7-13)21(27-12-26-16)28-17-6-4-15(23)19(24)20(17)25/h2-7,12H,1,8-11H2,(H,26,27,28). The Morgan fingerprint density at radius 2 is 1.94 bits per heavy atom. The maximum Gasteiger partial charge on any atom is 0.245 e. The van der Waals surface area contributed by atoms with Crippen molar-refractivity contribution in [1.82, 2.24) is 14.9 Å². The smallest absolute Gasteiger partial charge is 0.245 e. The molecular formula is C22H18Cl2FN5O. The van der Waals surface area contributed by atoms with Crippen LogP contribution in [0.3, 0.4) is 0 Å². The van der Waals surface area contributed by atoms with Crippen LogP contribution in [0.5, 0.6) is 0 Å². The normalized spacial score (nSPS) is 16.7. The van der Waals surface area contributed by atoms with Gasteiger partial charge in [-0.25, -0.2) is 14.4 Å². The summed E-state index contributed by atoms with van der Waals surface area (Å²) in [6, 6.07) is 8.97. The lowest BCUT2D eigenvalue weighted by molar-refractivity contribution is -0.139. The topological polar surface area (TPSA) is 61.4 Å². The molecule has 3 heterocycles. The van der Waals surface area contributed by atoms with Crippen LogP contribution in [0.15, 0.2) is 49.3 Å². The van der Waals surface area contributed by atoms with Crippen LogP contribution in [-0.4, -0.2) is 47.0 Å². The number of halogens is 3. The maximum absolute atomic E-state index is 14.5. The molecule has 158 valence electrons. The van der Waals surface area contributed by atoms with E-state index in [0.717, 1.165) is 42.8 Å². The molecule has 5 rings (SSSR count).